The maximum absolute atomic E-state index is 11.7. The average molecular weight is 241 g/mol. The Labute approximate surface area is 97.6 Å². The zero-order valence-electron chi connectivity index (χ0n) is 10.2. The largest absolute Gasteiger partial charge is 0.323 e. The number of hydrogen-bond acceptors (Lipinski definition) is 3. The van der Waals surface area contributed by atoms with Gasteiger partial charge in [0.15, 0.2) is 9.84 Å². The lowest BCUT2D eigenvalue weighted by atomic mass is 9.95. The minimum absolute atomic E-state index is 0.512. The highest BCUT2D eigenvalue weighted by Gasteiger charge is 2.37. The predicted octanol–water partition coefficient (Wildman–Crippen LogP) is 1.82. The lowest BCUT2D eigenvalue weighted by Crippen LogP contribution is -2.42. The lowest BCUT2D eigenvalue weighted by Gasteiger charge is -2.30. The van der Waals surface area contributed by atoms with Crippen molar-refractivity contribution >= 4 is 9.84 Å². The Kier molecular flexibility index (Phi) is 3.45. The van der Waals surface area contributed by atoms with Gasteiger partial charge in [-0.15, -0.1) is 0 Å². The molecule has 0 saturated heterocycles. The van der Waals surface area contributed by atoms with E-state index >= 15 is 0 Å². The third-order valence-electron chi connectivity index (χ3n) is 3.11. The van der Waals surface area contributed by atoms with Gasteiger partial charge in [-0.05, 0) is 26.3 Å². The summed E-state index contributed by atoms with van der Waals surface area (Å²) in [5.74, 6) is 0. The highest BCUT2D eigenvalue weighted by atomic mass is 32.2. The van der Waals surface area contributed by atoms with Crippen LogP contribution in [0.15, 0.2) is 24.3 Å². The zero-order valence-corrected chi connectivity index (χ0v) is 11.0. The molecule has 0 saturated carbocycles. The van der Waals surface area contributed by atoms with E-state index in [0.717, 1.165) is 11.1 Å². The van der Waals surface area contributed by atoms with Gasteiger partial charge in [0.2, 0.25) is 0 Å². The monoisotopic (exact) mass is 241 g/mol. The Bertz CT molecular complexity index is 478. The van der Waals surface area contributed by atoms with Gasteiger partial charge in [0.25, 0.3) is 0 Å². The van der Waals surface area contributed by atoms with E-state index in [0.29, 0.717) is 0 Å². The normalized spacial score (nSPS) is 14.8. The second-order valence-corrected chi connectivity index (χ2v) is 7.36. The first-order valence-electron chi connectivity index (χ1n) is 5.18. The Hall–Kier alpha value is -0.870. The first-order valence-corrected chi connectivity index (χ1v) is 7.07. The van der Waals surface area contributed by atoms with Crippen molar-refractivity contribution in [1.29, 1.82) is 0 Å². The van der Waals surface area contributed by atoms with Gasteiger partial charge < -0.3 is 5.73 Å². The minimum Gasteiger partial charge on any atom is -0.323 e. The molecule has 0 heterocycles. The molecule has 1 aromatic carbocycles. The molecule has 0 aliphatic rings. The van der Waals surface area contributed by atoms with Crippen LogP contribution in [0.3, 0.4) is 0 Å². The van der Waals surface area contributed by atoms with E-state index < -0.39 is 20.6 Å². The topological polar surface area (TPSA) is 60.2 Å². The summed E-state index contributed by atoms with van der Waals surface area (Å²) in [7, 11) is -3.19. The van der Waals surface area contributed by atoms with Crippen LogP contribution in [-0.4, -0.2) is 19.4 Å². The molecule has 2 N–H and O–H groups in total. The van der Waals surface area contributed by atoms with Crippen molar-refractivity contribution in [3.63, 3.8) is 0 Å². The fraction of sp³-hybridized carbons (Fsp3) is 0.500. The smallest absolute Gasteiger partial charge is 0.154 e. The summed E-state index contributed by atoms with van der Waals surface area (Å²) in [5, 5.41) is 0. The van der Waals surface area contributed by atoms with E-state index in [1.807, 2.05) is 31.2 Å². The van der Waals surface area contributed by atoms with Crippen LogP contribution in [0.4, 0.5) is 0 Å². The Balaban J connectivity index is 3.17. The number of benzene rings is 1. The third-order valence-corrected chi connectivity index (χ3v) is 5.27. The Morgan fingerprint density at radius 2 is 1.88 bits per heavy atom. The molecule has 90 valence electrons. The lowest BCUT2D eigenvalue weighted by molar-refractivity contribution is 0.496. The molecule has 1 unspecified atom stereocenters. The maximum Gasteiger partial charge on any atom is 0.154 e. The zero-order chi connectivity index (χ0) is 12.6. The van der Waals surface area contributed by atoms with Crippen LogP contribution in [-0.2, 0) is 9.84 Å². The average Bonchev–Trinajstić information content (AvgIpc) is 2.14. The maximum atomic E-state index is 11.7. The van der Waals surface area contributed by atoms with Crippen LogP contribution in [0.5, 0.6) is 0 Å². The molecule has 0 radical (unpaired) electrons. The van der Waals surface area contributed by atoms with Gasteiger partial charge in [-0.2, -0.15) is 0 Å². The summed E-state index contributed by atoms with van der Waals surface area (Å²) in [5.41, 5.74) is 7.99. The van der Waals surface area contributed by atoms with E-state index in [9.17, 15) is 8.42 Å². The molecule has 0 spiro atoms. The molecule has 3 nitrogen and oxygen atoms in total. The number of sulfone groups is 1. The predicted molar refractivity (Wildman–Crippen MR) is 67.0 cm³/mol. The molecule has 1 aromatic rings. The standard InChI is InChI=1S/C12H19NO2S/c1-9-6-5-7-10(8-9)11(13)12(2,3)16(4,14)15/h5-8,11H,13H2,1-4H3. The van der Waals surface area contributed by atoms with Gasteiger partial charge in [-0.1, -0.05) is 29.8 Å². The van der Waals surface area contributed by atoms with Gasteiger partial charge >= 0.3 is 0 Å². The van der Waals surface area contributed by atoms with Crippen molar-refractivity contribution in [3.05, 3.63) is 35.4 Å². The Morgan fingerprint density at radius 1 is 1.31 bits per heavy atom. The molecular formula is C12H19NO2S. The van der Waals surface area contributed by atoms with Crippen molar-refractivity contribution in [2.45, 2.75) is 31.6 Å². The molecule has 0 bridgehead atoms. The molecule has 4 heteroatoms. The molecule has 0 aliphatic carbocycles. The Morgan fingerprint density at radius 3 is 2.31 bits per heavy atom. The first kappa shape index (κ1) is 13.2. The van der Waals surface area contributed by atoms with E-state index in [1.165, 1.54) is 6.26 Å². The number of nitrogens with two attached hydrogens (primary N) is 1. The molecule has 0 fully saturated rings. The fourth-order valence-corrected chi connectivity index (χ4v) is 2.09. The highest BCUT2D eigenvalue weighted by molar-refractivity contribution is 7.92. The summed E-state index contributed by atoms with van der Waals surface area (Å²) in [6, 6.07) is 7.14. The molecule has 16 heavy (non-hydrogen) atoms. The van der Waals surface area contributed by atoms with Crippen molar-refractivity contribution in [2.24, 2.45) is 5.73 Å². The summed E-state index contributed by atoms with van der Waals surface area (Å²) in [6.07, 6.45) is 1.22. The number of aryl methyl sites for hydroxylation is 1. The van der Waals surface area contributed by atoms with Crippen molar-refractivity contribution in [2.75, 3.05) is 6.26 Å². The quantitative estimate of drug-likeness (QED) is 0.878. The summed E-state index contributed by atoms with van der Waals surface area (Å²) < 4.78 is 22.4. The van der Waals surface area contributed by atoms with Crippen molar-refractivity contribution in [3.8, 4) is 0 Å². The summed E-state index contributed by atoms with van der Waals surface area (Å²) in [6.45, 7) is 5.29. The highest BCUT2D eigenvalue weighted by Crippen LogP contribution is 2.30. The van der Waals surface area contributed by atoms with E-state index in [-0.39, 0.29) is 0 Å². The van der Waals surface area contributed by atoms with E-state index in [1.54, 1.807) is 13.8 Å². The molecule has 0 aliphatic heterocycles. The van der Waals surface area contributed by atoms with Crippen LogP contribution in [0.1, 0.15) is 31.0 Å². The molecular weight excluding hydrogens is 222 g/mol. The van der Waals surface area contributed by atoms with Crippen molar-refractivity contribution in [1.82, 2.24) is 0 Å². The van der Waals surface area contributed by atoms with E-state index in [2.05, 4.69) is 0 Å². The second kappa shape index (κ2) is 4.18. The van der Waals surface area contributed by atoms with Gasteiger partial charge in [-0.25, -0.2) is 8.42 Å². The molecule has 0 amide bonds. The van der Waals surface area contributed by atoms with Crippen LogP contribution < -0.4 is 5.73 Å². The van der Waals surface area contributed by atoms with Crippen LogP contribution in [0.2, 0.25) is 0 Å². The fourth-order valence-electron chi connectivity index (χ4n) is 1.50. The van der Waals surface area contributed by atoms with Gasteiger partial charge in [-0.3, -0.25) is 0 Å². The van der Waals surface area contributed by atoms with Crippen LogP contribution >= 0.6 is 0 Å². The molecule has 1 atom stereocenters. The van der Waals surface area contributed by atoms with E-state index in [4.69, 9.17) is 5.73 Å². The molecule has 0 aromatic heterocycles. The van der Waals surface area contributed by atoms with Gasteiger partial charge in [0, 0.05) is 12.3 Å². The van der Waals surface area contributed by atoms with Crippen molar-refractivity contribution < 1.29 is 8.42 Å². The third kappa shape index (κ3) is 2.44. The number of hydrogen-bond donors (Lipinski definition) is 1. The van der Waals surface area contributed by atoms with Crippen LogP contribution in [0, 0.1) is 6.92 Å². The minimum atomic E-state index is -3.19. The van der Waals surface area contributed by atoms with Crippen LogP contribution in [0.25, 0.3) is 0 Å². The number of rotatable bonds is 3. The van der Waals surface area contributed by atoms with Gasteiger partial charge in [0.1, 0.15) is 0 Å². The summed E-state index contributed by atoms with van der Waals surface area (Å²) >= 11 is 0. The SMILES string of the molecule is Cc1cccc(C(N)C(C)(C)S(C)(=O)=O)c1. The first-order chi connectivity index (χ1) is 7.16. The second-order valence-electron chi connectivity index (χ2n) is 4.77. The van der Waals surface area contributed by atoms with Gasteiger partial charge in [0.05, 0.1) is 4.75 Å². The molecule has 1 rings (SSSR count). The summed E-state index contributed by atoms with van der Waals surface area (Å²) in [4.78, 5) is 0.